The molecule has 0 fully saturated rings. The minimum atomic E-state index is -0.321. The number of aryl methyl sites for hydroxylation is 1. The Bertz CT molecular complexity index is 860. The van der Waals surface area contributed by atoms with E-state index in [-0.39, 0.29) is 5.97 Å². The van der Waals surface area contributed by atoms with Gasteiger partial charge in [0.1, 0.15) is 0 Å². The van der Waals surface area contributed by atoms with E-state index in [9.17, 15) is 4.79 Å². The van der Waals surface area contributed by atoms with E-state index in [2.05, 4.69) is 22.8 Å². The van der Waals surface area contributed by atoms with Crippen LogP contribution in [0.5, 0.6) is 0 Å². The number of rotatable bonds is 4. The zero-order valence-electron chi connectivity index (χ0n) is 13.3. The van der Waals surface area contributed by atoms with Gasteiger partial charge in [0.25, 0.3) is 0 Å². The van der Waals surface area contributed by atoms with Gasteiger partial charge in [0.05, 0.1) is 6.61 Å². The molecule has 1 heterocycles. The largest absolute Gasteiger partial charge is 0.463 e. The molecule has 0 amide bonds. The molecule has 0 radical (unpaired) electrons. The van der Waals surface area contributed by atoms with Crippen molar-refractivity contribution >= 4 is 22.4 Å². The number of fused-ring (bicyclic) bond motifs is 1. The van der Waals surface area contributed by atoms with Crippen LogP contribution in [0, 0.1) is 0 Å². The normalized spacial score (nSPS) is 11.7. The van der Waals surface area contributed by atoms with E-state index < -0.39 is 0 Å². The standard InChI is InChI=1S/C20H19NO2/c1-3-23-20(22)14-18(15-7-5-4-6-8-15)17-10-9-16-11-12-21(2)19(16)13-17/h4-14H,3H2,1-2H3/b18-14+. The van der Waals surface area contributed by atoms with Crippen molar-refractivity contribution in [2.24, 2.45) is 7.05 Å². The van der Waals surface area contributed by atoms with Crippen molar-refractivity contribution in [3.63, 3.8) is 0 Å². The quantitative estimate of drug-likeness (QED) is 0.535. The highest BCUT2D eigenvalue weighted by molar-refractivity contribution is 5.97. The zero-order chi connectivity index (χ0) is 16.2. The summed E-state index contributed by atoms with van der Waals surface area (Å²) >= 11 is 0. The minimum Gasteiger partial charge on any atom is -0.463 e. The molecule has 116 valence electrons. The Morgan fingerprint density at radius 2 is 1.87 bits per heavy atom. The van der Waals surface area contributed by atoms with Crippen molar-refractivity contribution in [2.75, 3.05) is 6.61 Å². The van der Waals surface area contributed by atoms with Crippen LogP contribution in [-0.2, 0) is 16.6 Å². The second-order valence-corrected chi connectivity index (χ2v) is 5.38. The second kappa shape index (κ2) is 6.53. The lowest BCUT2D eigenvalue weighted by Crippen LogP contribution is -2.02. The third-order valence-electron chi connectivity index (χ3n) is 3.83. The smallest absolute Gasteiger partial charge is 0.331 e. The van der Waals surface area contributed by atoms with E-state index in [4.69, 9.17) is 4.74 Å². The molecular weight excluding hydrogens is 286 g/mol. The van der Waals surface area contributed by atoms with E-state index in [0.29, 0.717) is 6.61 Å². The number of ether oxygens (including phenoxy) is 1. The van der Waals surface area contributed by atoms with Crippen molar-refractivity contribution in [3.8, 4) is 0 Å². The van der Waals surface area contributed by atoms with Crippen molar-refractivity contribution in [1.29, 1.82) is 0 Å². The Kier molecular flexibility index (Phi) is 4.29. The Hall–Kier alpha value is -2.81. The van der Waals surface area contributed by atoms with Crippen molar-refractivity contribution in [2.45, 2.75) is 6.92 Å². The van der Waals surface area contributed by atoms with Crippen LogP contribution in [0.2, 0.25) is 0 Å². The highest BCUT2D eigenvalue weighted by atomic mass is 16.5. The van der Waals surface area contributed by atoms with E-state index in [1.807, 2.05) is 56.6 Å². The molecule has 23 heavy (non-hydrogen) atoms. The fourth-order valence-corrected chi connectivity index (χ4v) is 2.68. The van der Waals surface area contributed by atoms with E-state index in [1.54, 1.807) is 6.08 Å². The molecule has 3 aromatic rings. The number of benzene rings is 2. The molecule has 3 rings (SSSR count). The number of carbonyl (C=O) groups excluding carboxylic acids is 1. The summed E-state index contributed by atoms with van der Waals surface area (Å²) in [6, 6.07) is 18.2. The van der Waals surface area contributed by atoms with Crippen molar-refractivity contribution < 1.29 is 9.53 Å². The molecule has 0 bridgehead atoms. The maximum absolute atomic E-state index is 12.0. The van der Waals surface area contributed by atoms with Crippen LogP contribution in [0.15, 0.2) is 66.9 Å². The average Bonchev–Trinajstić information content (AvgIpc) is 2.94. The first kappa shape index (κ1) is 15.1. The molecule has 0 spiro atoms. The summed E-state index contributed by atoms with van der Waals surface area (Å²) in [7, 11) is 2.02. The molecule has 1 aromatic heterocycles. The first-order valence-electron chi connectivity index (χ1n) is 7.68. The lowest BCUT2D eigenvalue weighted by Gasteiger charge is -2.09. The van der Waals surface area contributed by atoms with Crippen LogP contribution in [0.1, 0.15) is 18.1 Å². The molecule has 0 saturated heterocycles. The number of nitrogens with zero attached hydrogens (tertiary/aromatic N) is 1. The number of hydrogen-bond donors (Lipinski definition) is 0. The van der Waals surface area contributed by atoms with Gasteiger partial charge in [-0.2, -0.15) is 0 Å². The fraction of sp³-hybridized carbons (Fsp3) is 0.150. The van der Waals surface area contributed by atoms with Crippen LogP contribution in [0.3, 0.4) is 0 Å². The van der Waals surface area contributed by atoms with Gasteiger partial charge in [0, 0.05) is 24.8 Å². The van der Waals surface area contributed by atoms with Crippen LogP contribution in [-0.4, -0.2) is 17.1 Å². The predicted octanol–water partition coefficient (Wildman–Crippen LogP) is 4.17. The number of hydrogen-bond acceptors (Lipinski definition) is 2. The third-order valence-corrected chi connectivity index (χ3v) is 3.83. The van der Waals surface area contributed by atoms with Gasteiger partial charge in [-0.25, -0.2) is 4.79 Å². The molecule has 0 aliphatic carbocycles. The van der Waals surface area contributed by atoms with Crippen LogP contribution in [0.25, 0.3) is 16.5 Å². The third kappa shape index (κ3) is 3.19. The Morgan fingerprint density at radius 1 is 1.09 bits per heavy atom. The van der Waals surface area contributed by atoms with Gasteiger partial charge in [-0.15, -0.1) is 0 Å². The van der Waals surface area contributed by atoms with Crippen molar-refractivity contribution in [1.82, 2.24) is 4.57 Å². The average molecular weight is 305 g/mol. The molecule has 3 heteroatoms. The van der Waals surface area contributed by atoms with Gasteiger partial charge >= 0.3 is 5.97 Å². The van der Waals surface area contributed by atoms with Gasteiger partial charge in [-0.3, -0.25) is 0 Å². The Morgan fingerprint density at radius 3 is 2.61 bits per heavy atom. The first-order chi connectivity index (χ1) is 11.2. The summed E-state index contributed by atoms with van der Waals surface area (Å²) in [5.74, 6) is -0.321. The summed E-state index contributed by atoms with van der Waals surface area (Å²) in [5, 5.41) is 1.18. The molecule has 0 atom stereocenters. The van der Waals surface area contributed by atoms with E-state index in [0.717, 1.165) is 22.2 Å². The molecule has 3 nitrogen and oxygen atoms in total. The highest BCUT2D eigenvalue weighted by Crippen LogP contribution is 2.27. The van der Waals surface area contributed by atoms with Crippen LogP contribution >= 0.6 is 0 Å². The van der Waals surface area contributed by atoms with Crippen LogP contribution < -0.4 is 0 Å². The highest BCUT2D eigenvalue weighted by Gasteiger charge is 2.10. The van der Waals surface area contributed by atoms with Gasteiger partial charge in [0.2, 0.25) is 0 Å². The SMILES string of the molecule is CCOC(=O)/C=C(\c1ccccc1)c1ccc2ccn(C)c2c1. The molecule has 0 N–H and O–H groups in total. The number of esters is 1. The van der Waals surface area contributed by atoms with E-state index >= 15 is 0 Å². The van der Waals surface area contributed by atoms with Crippen LogP contribution in [0.4, 0.5) is 0 Å². The molecule has 0 aliphatic rings. The van der Waals surface area contributed by atoms with Gasteiger partial charge in [-0.1, -0.05) is 42.5 Å². The molecular formula is C20H19NO2. The number of carbonyl (C=O) groups is 1. The monoisotopic (exact) mass is 305 g/mol. The number of aromatic nitrogens is 1. The first-order valence-corrected chi connectivity index (χ1v) is 7.68. The van der Waals surface area contributed by atoms with Gasteiger partial charge in [0.15, 0.2) is 0 Å². The molecule has 0 aliphatic heterocycles. The summed E-state index contributed by atoms with van der Waals surface area (Å²) in [6.45, 7) is 2.18. The Balaban J connectivity index is 2.13. The minimum absolute atomic E-state index is 0.321. The van der Waals surface area contributed by atoms with E-state index in [1.165, 1.54) is 5.39 Å². The lowest BCUT2D eigenvalue weighted by atomic mass is 9.97. The maximum atomic E-state index is 12.0. The summed E-state index contributed by atoms with van der Waals surface area (Å²) in [6.07, 6.45) is 3.61. The topological polar surface area (TPSA) is 31.2 Å². The molecule has 2 aromatic carbocycles. The van der Waals surface area contributed by atoms with Gasteiger partial charge in [-0.05, 0) is 41.1 Å². The zero-order valence-corrected chi connectivity index (χ0v) is 13.3. The van der Waals surface area contributed by atoms with Gasteiger partial charge < -0.3 is 9.30 Å². The molecule has 0 unspecified atom stereocenters. The molecule has 0 saturated carbocycles. The Labute approximate surface area is 135 Å². The summed E-state index contributed by atoms with van der Waals surface area (Å²) in [5.41, 5.74) is 3.99. The fourth-order valence-electron chi connectivity index (χ4n) is 2.68. The lowest BCUT2D eigenvalue weighted by molar-refractivity contribution is -0.137. The summed E-state index contributed by atoms with van der Waals surface area (Å²) < 4.78 is 7.17. The summed E-state index contributed by atoms with van der Waals surface area (Å²) in [4.78, 5) is 12.0. The van der Waals surface area contributed by atoms with Crippen molar-refractivity contribution in [3.05, 3.63) is 78.0 Å². The second-order valence-electron chi connectivity index (χ2n) is 5.38. The predicted molar refractivity (Wildman–Crippen MR) is 93.1 cm³/mol. The maximum Gasteiger partial charge on any atom is 0.331 e.